The maximum absolute atomic E-state index is 9.99. The monoisotopic (exact) mass is 443 g/mol. The van der Waals surface area contributed by atoms with E-state index in [1.54, 1.807) is 36.7 Å². The van der Waals surface area contributed by atoms with Crippen LogP contribution < -0.4 is 10.5 Å². The van der Waals surface area contributed by atoms with E-state index >= 15 is 0 Å². The van der Waals surface area contributed by atoms with Gasteiger partial charge in [-0.05, 0) is 48.6 Å². The normalized spacial score (nSPS) is 17.5. The molecule has 3 aromatic rings. The lowest BCUT2D eigenvalue weighted by molar-refractivity contribution is 0.0604. The molecule has 1 aliphatic rings. The summed E-state index contributed by atoms with van der Waals surface area (Å²) in [6.07, 6.45) is 5.30. The number of pyridine rings is 2. The summed E-state index contributed by atoms with van der Waals surface area (Å²) in [6, 6.07) is 15.2. The number of hydrogen-bond donors (Lipinski definition) is 2. The molecule has 0 bridgehead atoms. The minimum Gasteiger partial charge on any atom is -0.488 e. The Balaban J connectivity index is 1.67. The molecule has 2 atom stereocenters. The van der Waals surface area contributed by atoms with Gasteiger partial charge in [0, 0.05) is 23.7 Å². The fourth-order valence-electron chi connectivity index (χ4n) is 3.75. The maximum atomic E-state index is 9.99. The van der Waals surface area contributed by atoms with Gasteiger partial charge >= 0.3 is 0 Å². The number of aliphatic hydroxyl groups is 1. The van der Waals surface area contributed by atoms with Crippen molar-refractivity contribution in [3.8, 4) is 29.0 Å². The second-order valence-electron chi connectivity index (χ2n) is 7.48. The van der Waals surface area contributed by atoms with Crippen molar-refractivity contribution in [2.24, 2.45) is 0 Å². The van der Waals surface area contributed by atoms with Crippen molar-refractivity contribution in [2.45, 2.75) is 42.2 Å². The van der Waals surface area contributed by atoms with Crippen molar-refractivity contribution in [3.63, 3.8) is 0 Å². The van der Waals surface area contributed by atoms with E-state index in [-0.39, 0.29) is 17.5 Å². The highest BCUT2D eigenvalue weighted by molar-refractivity contribution is 7.98. The lowest BCUT2D eigenvalue weighted by Crippen LogP contribution is -2.25. The number of hydrogen-bond acceptors (Lipinski definition) is 8. The summed E-state index contributed by atoms with van der Waals surface area (Å²) in [5.74, 6) is 1.28. The molecule has 8 heteroatoms. The number of nitrogens with two attached hydrogens (primary N) is 1. The Bertz CT molecular complexity index is 1190. The zero-order chi connectivity index (χ0) is 22.5. The van der Waals surface area contributed by atoms with Crippen molar-refractivity contribution < 1.29 is 9.84 Å². The van der Waals surface area contributed by atoms with Crippen LogP contribution in [0.3, 0.4) is 0 Å². The molecule has 1 aliphatic carbocycles. The van der Waals surface area contributed by atoms with E-state index in [4.69, 9.17) is 10.5 Å². The van der Waals surface area contributed by atoms with E-state index < -0.39 is 6.10 Å². The van der Waals surface area contributed by atoms with Gasteiger partial charge in [-0.3, -0.25) is 4.98 Å². The fourth-order valence-corrected chi connectivity index (χ4v) is 4.67. The lowest BCUT2D eigenvalue weighted by Gasteiger charge is -2.18. The first-order valence-corrected chi connectivity index (χ1v) is 11.2. The van der Waals surface area contributed by atoms with E-state index in [1.165, 1.54) is 11.8 Å². The van der Waals surface area contributed by atoms with Gasteiger partial charge in [0.15, 0.2) is 0 Å². The Kier molecular flexibility index (Phi) is 6.55. The first-order chi connectivity index (χ1) is 15.6. The predicted octanol–water partition coefficient (Wildman–Crippen LogP) is 4.05. The molecule has 0 amide bonds. The van der Waals surface area contributed by atoms with Crippen molar-refractivity contribution in [2.75, 3.05) is 5.73 Å². The van der Waals surface area contributed by atoms with Gasteiger partial charge in [-0.15, -0.1) is 11.8 Å². The molecular formula is C24H21N5O2S. The third kappa shape index (κ3) is 4.52. The van der Waals surface area contributed by atoms with Gasteiger partial charge in [0.2, 0.25) is 0 Å². The van der Waals surface area contributed by atoms with Gasteiger partial charge in [0.25, 0.3) is 0 Å². The number of aromatic nitrogens is 2. The molecular weight excluding hydrogens is 422 g/mol. The highest BCUT2D eigenvalue weighted by Crippen LogP contribution is 2.37. The number of nitriles is 2. The smallest absolute Gasteiger partial charge is 0.143 e. The number of rotatable bonds is 6. The Morgan fingerprint density at radius 3 is 2.53 bits per heavy atom. The minimum absolute atomic E-state index is 0.0876. The standard InChI is InChI=1S/C24H21N5O2S/c25-11-18-22(16-6-8-17(9-7-16)31-21-5-1-4-20(21)30)19(12-26)24(29-23(18)27)32-14-15-3-2-10-28-13-15/h2-3,6-10,13,20-21,30H,1,4-5,14H2,(H2,27,29)/t20-,21+/m0/s1. The zero-order valence-electron chi connectivity index (χ0n) is 17.2. The van der Waals surface area contributed by atoms with Gasteiger partial charge in [0.1, 0.15) is 40.4 Å². The van der Waals surface area contributed by atoms with Crippen LogP contribution in [0, 0.1) is 22.7 Å². The molecule has 0 unspecified atom stereocenters. The second kappa shape index (κ2) is 9.69. The molecule has 1 saturated carbocycles. The topological polar surface area (TPSA) is 129 Å². The lowest BCUT2D eigenvalue weighted by atomic mass is 9.97. The van der Waals surface area contributed by atoms with Crippen LogP contribution in [0.2, 0.25) is 0 Å². The van der Waals surface area contributed by atoms with Crippen molar-refractivity contribution >= 4 is 17.6 Å². The van der Waals surface area contributed by atoms with Gasteiger partial charge < -0.3 is 15.6 Å². The van der Waals surface area contributed by atoms with E-state index in [1.807, 2.05) is 12.1 Å². The largest absolute Gasteiger partial charge is 0.488 e. The SMILES string of the molecule is N#Cc1c(N)nc(SCc2cccnc2)c(C#N)c1-c1ccc(O[C@@H]2CCC[C@@H]2O)cc1. The van der Waals surface area contributed by atoms with E-state index in [0.29, 0.717) is 33.2 Å². The van der Waals surface area contributed by atoms with Crippen molar-refractivity contribution in [3.05, 3.63) is 65.5 Å². The minimum atomic E-state index is -0.454. The van der Waals surface area contributed by atoms with Crippen LogP contribution in [0.4, 0.5) is 5.82 Å². The first kappa shape index (κ1) is 21.6. The number of anilines is 1. The number of thioether (sulfide) groups is 1. The number of nitrogens with zero attached hydrogens (tertiary/aromatic N) is 4. The summed E-state index contributed by atoms with van der Waals surface area (Å²) in [4.78, 5) is 8.44. The predicted molar refractivity (Wildman–Crippen MR) is 122 cm³/mol. The summed E-state index contributed by atoms with van der Waals surface area (Å²) >= 11 is 1.38. The molecule has 0 aliphatic heterocycles. The molecule has 2 aromatic heterocycles. The molecule has 0 radical (unpaired) electrons. The van der Waals surface area contributed by atoms with Crippen LogP contribution >= 0.6 is 11.8 Å². The molecule has 0 spiro atoms. The highest BCUT2D eigenvalue weighted by atomic mass is 32.2. The van der Waals surface area contributed by atoms with E-state index in [9.17, 15) is 15.6 Å². The van der Waals surface area contributed by atoms with Crippen LogP contribution in [0.5, 0.6) is 5.75 Å². The molecule has 1 fully saturated rings. The third-order valence-electron chi connectivity index (χ3n) is 5.36. The summed E-state index contributed by atoms with van der Waals surface area (Å²) < 4.78 is 5.90. The Hall–Kier alpha value is -3.59. The molecule has 3 N–H and O–H groups in total. The molecule has 160 valence electrons. The van der Waals surface area contributed by atoms with Crippen LogP contribution in [0.25, 0.3) is 11.1 Å². The third-order valence-corrected chi connectivity index (χ3v) is 6.41. The maximum Gasteiger partial charge on any atom is 0.143 e. The summed E-state index contributed by atoms with van der Waals surface area (Å²) in [7, 11) is 0. The molecule has 7 nitrogen and oxygen atoms in total. The summed E-state index contributed by atoms with van der Waals surface area (Å²) in [6.45, 7) is 0. The van der Waals surface area contributed by atoms with Crippen LogP contribution in [0.1, 0.15) is 36.0 Å². The van der Waals surface area contributed by atoms with Crippen LogP contribution in [-0.2, 0) is 5.75 Å². The summed E-state index contributed by atoms with van der Waals surface area (Å²) in [5, 5.41) is 30.1. The Morgan fingerprint density at radius 2 is 1.91 bits per heavy atom. The quantitative estimate of drug-likeness (QED) is 0.546. The Morgan fingerprint density at radius 1 is 1.12 bits per heavy atom. The van der Waals surface area contributed by atoms with Crippen LogP contribution in [-0.4, -0.2) is 27.3 Å². The molecule has 4 rings (SSSR count). The van der Waals surface area contributed by atoms with Gasteiger partial charge in [-0.25, -0.2) is 4.98 Å². The number of nitrogen functional groups attached to an aromatic ring is 1. The second-order valence-corrected chi connectivity index (χ2v) is 8.44. The van der Waals surface area contributed by atoms with Crippen LogP contribution in [0.15, 0.2) is 53.8 Å². The van der Waals surface area contributed by atoms with Crippen molar-refractivity contribution in [1.82, 2.24) is 9.97 Å². The fraction of sp³-hybridized carbons (Fsp3) is 0.250. The molecule has 0 saturated heterocycles. The Labute approximate surface area is 190 Å². The van der Waals surface area contributed by atoms with Gasteiger partial charge in [-0.1, -0.05) is 18.2 Å². The summed E-state index contributed by atoms with van der Waals surface area (Å²) in [5.41, 5.74) is 8.71. The molecule has 32 heavy (non-hydrogen) atoms. The van der Waals surface area contributed by atoms with Gasteiger partial charge in [0.05, 0.1) is 11.7 Å². The highest BCUT2D eigenvalue weighted by Gasteiger charge is 2.27. The zero-order valence-corrected chi connectivity index (χ0v) is 18.0. The number of benzene rings is 1. The molecule has 1 aromatic carbocycles. The molecule has 2 heterocycles. The van der Waals surface area contributed by atoms with Gasteiger partial charge in [-0.2, -0.15) is 10.5 Å². The average molecular weight is 444 g/mol. The number of aliphatic hydroxyl groups excluding tert-OH is 1. The van der Waals surface area contributed by atoms with Crippen molar-refractivity contribution in [1.29, 1.82) is 10.5 Å². The van der Waals surface area contributed by atoms with E-state index in [0.717, 1.165) is 24.8 Å². The average Bonchev–Trinajstić information content (AvgIpc) is 3.22. The number of ether oxygens (including phenoxy) is 1. The first-order valence-electron chi connectivity index (χ1n) is 10.2. The van der Waals surface area contributed by atoms with E-state index in [2.05, 4.69) is 22.1 Å².